The van der Waals surface area contributed by atoms with Crippen LogP contribution in [0.25, 0.3) is 0 Å². The van der Waals surface area contributed by atoms with Crippen LogP contribution in [0.4, 0.5) is 0 Å². The van der Waals surface area contributed by atoms with Crippen LogP contribution in [0.1, 0.15) is 55.1 Å². The van der Waals surface area contributed by atoms with E-state index in [2.05, 4.69) is 16.2 Å². The van der Waals surface area contributed by atoms with Crippen molar-refractivity contribution in [1.29, 1.82) is 0 Å². The Bertz CT molecular complexity index is 373. The van der Waals surface area contributed by atoms with Crippen molar-refractivity contribution in [2.45, 2.75) is 51.4 Å². The van der Waals surface area contributed by atoms with Crippen molar-refractivity contribution >= 4 is 0 Å². The number of hydrogen-bond donors (Lipinski definition) is 0. The summed E-state index contributed by atoms with van der Waals surface area (Å²) in [6.45, 7) is 2.01. The fourth-order valence-electron chi connectivity index (χ4n) is 3.28. The van der Waals surface area contributed by atoms with Gasteiger partial charge in [-0.2, -0.15) is 0 Å². The zero-order valence-corrected chi connectivity index (χ0v) is 9.37. The third-order valence-electron chi connectivity index (χ3n) is 4.06. The van der Waals surface area contributed by atoms with Crippen molar-refractivity contribution in [3.05, 3.63) is 23.3 Å². The number of fused-ring (bicyclic) bond motifs is 3. The Labute approximate surface area is 91.1 Å². The van der Waals surface area contributed by atoms with Gasteiger partial charge in [-0.1, -0.05) is 12.8 Å². The molecule has 80 valence electrons. The second-order valence-corrected chi connectivity index (χ2v) is 5.02. The second kappa shape index (κ2) is 3.58. The van der Waals surface area contributed by atoms with Crippen LogP contribution in [0.5, 0.6) is 0 Å². The summed E-state index contributed by atoms with van der Waals surface area (Å²) in [5, 5.41) is 0. The highest BCUT2D eigenvalue weighted by Crippen LogP contribution is 2.43. The third-order valence-corrected chi connectivity index (χ3v) is 4.06. The molecule has 2 atom stereocenters. The maximum absolute atomic E-state index is 4.69. The molecule has 2 unspecified atom stereocenters. The first-order valence-corrected chi connectivity index (χ1v) is 6.17. The van der Waals surface area contributed by atoms with Gasteiger partial charge in [0.25, 0.3) is 0 Å². The Kier molecular flexibility index (Phi) is 2.23. The van der Waals surface area contributed by atoms with Gasteiger partial charge in [-0.05, 0) is 44.1 Å². The lowest BCUT2D eigenvalue weighted by molar-refractivity contribution is 0.269. The lowest BCUT2D eigenvalue weighted by atomic mass is 9.70. The summed E-state index contributed by atoms with van der Waals surface area (Å²) >= 11 is 0. The van der Waals surface area contributed by atoms with Crippen LogP contribution in [0, 0.1) is 12.8 Å². The van der Waals surface area contributed by atoms with E-state index in [1.54, 1.807) is 0 Å². The zero-order valence-electron chi connectivity index (χ0n) is 9.37. The number of aryl methyl sites for hydroxylation is 2. The van der Waals surface area contributed by atoms with E-state index in [4.69, 9.17) is 0 Å². The molecule has 2 heteroatoms. The van der Waals surface area contributed by atoms with Gasteiger partial charge < -0.3 is 0 Å². The molecule has 0 N–H and O–H groups in total. The topological polar surface area (TPSA) is 25.8 Å². The van der Waals surface area contributed by atoms with Crippen molar-refractivity contribution in [3.63, 3.8) is 0 Å². The molecule has 0 spiro atoms. The maximum atomic E-state index is 4.69. The van der Waals surface area contributed by atoms with E-state index in [1.807, 2.05) is 6.92 Å². The normalized spacial score (nSPS) is 29.4. The molecule has 15 heavy (non-hydrogen) atoms. The van der Waals surface area contributed by atoms with Gasteiger partial charge in [-0.15, -0.1) is 0 Å². The highest BCUT2D eigenvalue weighted by atomic mass is 14.9. The molecule has 1 saturated carbocycles. The highest BCUT2D eigenvalue weighted by Gasteiger charge is 2.32. The molecule has 0 amide bonds. The summed E-state index contributed by atoms with van der Waals surface area (Å²) in [5.41, 5.74) is 2.81. The van der Waals surface area contributed by atoms with Crippen molar-refractivity contribution in [3.8, 4) is 0 Å². The Balaban J connectivity index is 2.01. The Morgan fingerprint density at radius 1 is 1.20 bits per heavy atom. The van der Waals surface area contributed by atoms with Gasteiger partial charge in [0.2, 0.25) is 0 Å². The molecule has 1 aromatic heterocycles. The number of rotatable bonds is 0. The Morgan fingerprint density at radius 2 is 2.07 bits per heavy atom. The molecule has 0 aromatic carbocycles. The van der Waals surface area contributed by atoms with Crippen LogP contribution in [-0.2, 0) is 6.42 Å². The molecule has 2 nitrogen and oxygen atoms in total. The minimum Gasteiger partial charge on any atom is -0.241 e. The molecule has 3 rings (SSSR count). The number of aromatic nitrogens is 2. The van der Waals surface area contributed by atoms with E-state index in [9.17, 15) is 0 Å². The SMILES string of the molecule is Cc1ncc2c(n1)C1CCCCC1CC2. The first kappa shape index (κ1) is 9.32. The first-order valence-electron chi connectivity index (χ1n) is 6.17. The average Bonchev–Trinajstić information content (AvgIpc) is 2.29. The minimum atomic E-state index is 0.754. The predicted octanol–water partition coefficient (Wildman–Crippen LogP) is 3.01. The fourth-order valence-corrected chi connectivity index (χ4v) is 3.28. The number of hydrogen-bond acceptors (Lipinski definition) is 2. The van der Waals surface area contributed by atoms with E-state index in [0.29, 0.717) is 0 Å². The Hall–Kier alpha value is -0.920. The predicted molar refractivity (Wildman–Crippen MR) is 59.8 cm³/mol. The van der Waals surface area contributed by atoms with Gasteiger partial charge in [0, 0.05) is 12.1 Å². The molecule has 2 aliphatic carbocycles. The minimum absolute atomic E-state index is 0.754. The van der Waals surface area contributed by atoms with Crippen LogP contribution >= 0.6 is 0 Å². The van der Waals surface area contributed by atoms with Gasteiger partial charge in [-0.25, -0.2) is 9.97 Å². The molecule has 0 bridgehead atoms. The standard InChI is InChI=1S/C13H18N2/c1-9-14-8-11-7-6-10-4-2-3-5-12(10)13(11)15-9/h8,10,12H,2-7H2,1H3. The molecular weight excluding hydrogens is 184 g/mol. The first-order chi connectivity index (χ1) is 7.34. The van der Waals surface area contributed by atoms with E-state index >= 15 is 0 Å². The van der Waals surface area contributed by atoms with Crippen molar-refractivity contribution in [2.75, 3.05) is 0 Å². The molecule has 0 saturated heterocycles. The Morgan fingerprint density at radius 3 is 3.00 bits per heavy atom. The average molecular weight is 202 g/mol. The molecule has 1 aromatic rings. The van der Waals surface area contributed by atoms with Crippen molar-refractivity contribution in [2.24, 2.45) is 5.92 Å². The summed E-state index contributed by atoms with van der Waals surface area (Å²) in [7, 11) is 0. The van der Waals surface area contributed by atoms with Gasteiger partial charge in [0.15, 0.2) is 0 Å². The summed E-state index contributed by atoms with van der Waals surface area (Å²) < 4.78 is 0. The third kappa shape index (κ3) is 1.56. The van der Waals surface area contributed by atoms with Crippen molar-refractivity contribution in [1.82, 2.24) is 9.97 Å². The van der Waals surface area contributed by atoms with E-state index < -0.39 is 0 Å². The van der Waals surface area contributed by atoms with E-state index in [1.165, 1.54) is 49.8 Å². The lowest BCUT2D eigenvalue weighted by Gasteiger charge is -2.36. The smallest absolute Gasteiger partial charge is 0.125 e. The second-order valence-electron chi connectivity index (χ2n) is 5.02. The highest BCUT2D eigenvalue weighted by molar-refractivity contribution is 5.26. The summed E-state index contributed by atoms with van der Waals surface area (Å²) in [6.07, 6.45) is 10.2. The van der Waals surface area contributed by atoms with Crippen LogP contribution in [0.15, 0.2) is 6.20 Å². The molecule has 2 aliphatic rings. The van der Waals surface area contributed by atoms with Crippen LogP contribution < -0.4 is 0 Å². The van der Waals surface area contributed by atoms with Gasteiger partial charge in [-0.3, -0.25) is 0 Å². The summed E-state index contributed by atoms with van der Waals surface area (Å²) in [4.78, 5) is 9.01. The summed E-state index contributed by atoms with van der Waals surface area (Å²) in [6, 6.07) is 0. The van der Waals surface area contributed by atoms with Crippen molar-refractivity contribution < 1.29 is 0 Å². The lowest BCUT2D eigenvalue weighted by Crippen LogP contribution is -2.25. The van der Waals surface area contributed by atoms with Gasteiger partial charge in [0.05, 0.1) is 5.69 Å². The van der Waals surface area contributed by atoms with E-state index in [-0.39, 0.29) is 0 Å². The maximum Gasteiger partial charge on any atom is 0.125 e. The van der Waals surface area contributed by atoms with Crippen LogP contribution in [-0.4, -0.2) is 9.97 Å². The quantitative estimate of drug-likeness (QED) is 0.646. The molecule has 1 fully saturated rings. The summed E-state index contributed by atoms with van der Waals surface area (Å²) in [5.74, 6) is 2.62. The van der Waals surface area contributed by atoms with Gasteiger partial charge >= 0.3 is 0 Å². The molecule has 1 heterocycles. The monoisotopic (exact) mass is 202 g/mol. The van der Waals surface area contributed by atoms with E-state index in [0.717, 1.165) is 17.7 Å². The fraction of sp³-hybridized carbons (Fsp3) is 0.692. The molecule has 0 aliphatic heterocycles. The zero-order chi connectivity index (χ0) is 10.3. The molecular formula is C13H18N2. The van der Waals surface area contributed by atoms with Gasteiger partial charge in [0.1, 0.15) is 5.82 Å². The van der Waals surface area contributed by atoms with Crippen LogP contribution in [0.3, 0.4) is 0 Å². The largest absolute Gasteiger partial charge is 0.241 e. The van der Waals surface area contributed by atoms with Crippen LogP contribution in [0.2, 0.25) is 0 Å². The number of nitrogens with zero attached hydrogens (tertiary/aromatic N) is 2. The molecule has 0 radical (unpaired) electrons.